The normalized spacial score (nSPS) is 21.3. The molecule has 1 saturated heterocycles. The van der Waals surface area contributed by atoms with Gasteiger partial charge in [0.2, 0.25) is 5.91 Å². The number of anilines is 1. The summed E-state index contributed by atoms with van der Waals surface area (Å²) in [6, 6.07) is 17.7. The number of likely N-dealkylation sites (tertiary alicyclic amines) is 1. The molecule has 0 bridgehead atoms. The van der Waals surface area contributed by atoms with E-state index in [1.807, 2.05) is 64.2 Å². The second-order valence-corrected chi connectivity index (χ2v) is 9.62. The lowest BCUT2D eigenvalue weighted by Crippen LogP contribution is -2.27. The number of nitrogens with two attached hydrogens (primary N) is 1. The summed E-state index contributed by atoms with van der Waals surface area (Å²) in [6.07, 6.45) is 5.91. The van der Waals surface area contributed by atoms with E-state index in [1.54, 1.807) is 0 Å². The van der Waals surface area contributed by atoms with Crippen LogP contribution in [0.4, 0.5) is 5.82 Å². The molecule has 182 valence electrons. The molecule has 0 spiro atoms. The zero-order valence-electron chi connectivity index (χ0n) is 20.0. The number of para-hydroxylation sites is 1. The Bertz CT molecular complexity index is 1420. The van der Waals surface area contributed by atoms with Crippen molar-refractivity contribution in [2.75, 3.05) is 18.8 Å². The van der Waals surface area contributed by atoms with Crippen molar-refractivity contribution in [3.8, 4) is 22.8 Å². The van der Waals surface area contributed by atoms with Gasteiger partial charge in [-0.05, 0) is 73.6 Å². The molecule has 36 heavy (non-hydrogen) atoms. The first kappa shape index (κ1) is 22.3. The van der Waals surface area contributed by atoms with Crippen LogP contribution >= 0.6 is 0 Å². The van der Waals surface area contributed by atoms with Gasteiger partial charge in [0.25, 0.3) is 0 Å². The fourth-order valence-electron chi connectivity index (χ4n) is 5.70. The number of nitrogen functional groups attached to an aromatic ring is 1. The third-order valence-corrected chi connectivity index (χ3v) is 7.48. The van der Waals surface area contributed by atoms with E-state index in [0.717, 1.165) is 66.1 Å². The first-order valence-electron chi connectivity index (χ1n) is 12.3. The van der Waals surface area contributed by atoms with Gasteiger partial charge in [-0.15, -0.1) is 0 Å². The van der Waals surface area contributed by atoms with Gasteiger partial charge < -0.3 is 15.4 Å². The molecule has 8 nitrogen and oxygen atoms in total. The van der Waals surface area contributed by atoms with Crippen LogP contribution in [0.15, 0.2) is 73.6 Å². The number of hydrogen-bond acceptors (Lipinski definition) is 6. The van der Waals surface area contributed by atoms with Gasteiger partial charge in [0.05, 0.1) is 11.4 Å². The quantitative estimate of drug-likeness (QED) is 0.410. The molecule has 2 N–H and O–H groups in total. The maximum Gasteiger partial charge on any atom is 0.245 e. The minimum atomic E-state index is 0.0213. The van der Waals surface area contributed by atoms with Crippen molar-refractivity contribution in [1.82, 2.24) is 24.6 Å². The first-order chi connectivity index (χ1) is 17.6. The Morgan fingerprint density at radius 1 is 1.00 bits per heavy atom. The SMILES string of the molecule is C=CC(=O)N1CC2CCC(n3nc(-c4ccc(Oc5ccccc5)cc4)c4c(N)ncnc43)CC2C1. The fourth-order valence-corrected chi connectivity index (χ4v) is 5.70. The number of amides is 1. The van der Waals surface area contributed by atoms with E-state index in [-0.39, 0.29) is 11.9 Å². The summed E-state index contributed by atoms with van der Waals surface area (Å²) in [7, 11) is 0. The summed E-state index contributed by atoms with van der Waals surface area (Å²) >= 11 is 0. The molecule has 2 aliphatic rings. The monoisotopic (exact) mass is 480 g/mol. The van der Waals surface area contributed by atoms with E-state index in [2.05, 4.69) is 16.5 Å². The van der Waals surface area contributed by atoms with Crippen molar-refractivity contribution in [3.63, 3.8) is 0 Å². The number of benzene rings is 2. The Hall–Kier alpha value is -4.20. The second-order valence-electron chi connectivity index (χ2n) is 9.62. The van der Waals surface area contributed by atoms with Crippen LogP contribution in [0.1, 0.15) is 25.3 Å². The van der Waals surface area contributed by atoms with Crippen molar-refractivity contribution in [3.05, 3.63) is 73.6 Å². The molecule has 8 heteroatoms. The van der Waals surface area contributed by atoms with Gasteiger partial charge in [0.1, 0.15) is 29.3 Å². The summed E-state index contributed by atoms with van der Waals surface area (Å²) in [5.41, 5.74) is 8.79. The average molecular weight is 481 g/mol. The molecule has 2 fully saturated rings. The van der Waals surface area contributed by atoms with Crippen molar-refractivity contribution in [2.45, 2.75) is 25.3 Å². The standard InChI is InChI=1S/C28H28N6O2/c1-2-24(35)33-15-19-8-11-21(14-20(19)16-33)34-28-25(27(29)30-17-31-28)26(32-34)18-9-12-23(13-10-18)36-22-6-4-3-5-7-22/h2-7,9-10,12-13,17,19-21H,1,8,11,14-16H2,(H2,29,30,31). The predicted molar refractivity (Wildman–Crippen MR) is 138 cm³/mol. The summed E-state index contributed by atoms with van der Waals surface area (Å²) in [6.45, 7) is 5.24. The lowest BCUT2D eigenvalue weighted by atomic mass is 9.79. The Labute approximate surface area is 209 Å². The van der Waals surface area contributed by atoms with Gasteiger partial charge in [-0.2, -0.15) is 5.10 Å². The van der Waals surface area contributed by atoms with Crippen LogP contribution in [-0.4, -0.2) is 43.6 Å². The highest BCUT2D eigenvalue weighted by Gasteiger charge is 2.40. The average Bonchev–Trinajstić information content (AvgIpc) is 3.52. The third-order valence-electron chi connectivity index (χ3n) is 7.48. The summed E-state index contributed by atoms with van der Waals surface area (Å²) < 4.78 is 7.98. The molecule has 1 aliphatic carbocycles. The molecular weight excluding hydrogens is 452 g/mol. The third kappa shape index (κ3) is 3.98. The van der Waals surface area contributed by atoms with Gasteiger partial charge in [-0.25, -0.2) is 14.6 Å². The fraction of sp³-hybridized carbons (Fsp3) is 0.286. The van der Waals surface area contributed by atoms with E-state index in [9.17, 15) is 4.79 Å². The highest BCUT2D eigenvalue weighted by Crippen LogP contribution is 2.43. The molecule has 3 heterocycles. The number of nitrogens with zero attached hydrogens (tertiary/aromatic N) is 5. The van der Waals surface area contributed by atoms with Gasteiger partial charge >= 0.3 is 0 Å². The zero-order valence-corrected chi connectivity index (χ0v) is 20.0. The number of carbonyl (C=O) groups is 1. The van der Waals surface area contributed by atoms with E-state index in [4.69, 9.17) is 15.6 Å². The second kappa shape index (κ2) is 9.11. The molecule has 3 unspecified atom stereocenters. The molecular formula is C28H28N6O2. The number of hydrogen-bond donors (Lipinski definition) is 1. The van der Waals surface area contributed by atoms with E-state index in [0.29, 0.717) is 17.7 Å². The Morgan fingerprint density at radius 2 is 1.75 bits per heavy atom. The lowest BCUT2D eigenvalue weighted by molar-refractivity contribution is -0.125. The Balaban J connectivity index is 1.30. The van der Waals surface area contributed by atoms with E-state index >= 15 is 0 Å². The number of fused-ring (bicyclic) bond motifs is 2. The molecule has 3 atom stereocenters. The summed E-state index contributed by atoms with van der Waals surface area (Å²) in [4.78, 5) is 22.9. The van der Waals surface area contributed by atoms with Gasteiger partial charge in [0.15, 0.2) is 5.65 Å². The number of carbonyl (C=O) groups excluding carboxylic acids is 1. The maximum absolute atomic E-state index is 12.2. The molecule has 1 amide bonds. The molecule has 2 aromatic carbocycles. The molecule has 4 aromatic rings. The largest absolute Gasteiger partial charge is 0.457 e. The predicted octanol–water partition coefficient (Wildman–Crippen LogP) is 4.85. The highest BCUT2D eigenvalue weighted by molar-refractivity contribution is 5.98. The molecule has 1 saturated carbocycles. The minimum Gasteiger partial charge on any atom is -0.457 e. The number of ether oxygens (including phenoxy) is 1. The van der Waals surface area contributed by atoms with Crippen LogP contribution in [0.3, 0.4) is 0 Å². The maximum atomic E-state index is 12.2. The van der Waals surface area contributed by atoms with Crippen LogP contribution in [0.2, 0.25) is 0 Å². The van der Waals surface area contributed by atoms with Gasteiger partial charge in [-0.1, -0.05) is 24.8 Å². The molecule has 2 aromatic heterocycles. The van der Waals surface area contributed by atoms with Crippen LogP contribution < -0.4 is 10.5 Å². The van der Waals surface area contributed by atoms with Gasteiger partial charge in [0, 0.05) is 18.7 Å². The van der Waals surface area contributed by atoms with Crippen LogP contribution in [0, 0.1) is 11.8 Å². The molecule has 0 radical (unpaired) electrons. The van der Waals surface area contributed by atoms with Crippen molar-refractivity contribution >= 4 is 22.8 Å². The lowest BCUT2D eigenvalue weighted by Gasteiger charge is -2.31. The van der Waals surface area contributed by atoms with Crippen LogP contribution in [-0.2, 0) is 4.79 Å². The minimum absolute atomic E-state index is 0.0213. The smallest absolute Gasteiger partial charge is 0.245 e. The topological polar surface area (TPSA) is 99.2 Å². The Kier molecular flexibility index (Phi) is 5.64. The Morgan fingerprint density at radius 3 is 2.53 bits per heavy atom. The van der Waals surface area contributed by atoms with Gasteiger partial charge in [-0.3, -0.25) is 4.79 Å². The molecule has 1 aliphatic heterocycles. The summed E-state index contributed by atoms with van der Waals surface area (Å²) in [5, 5.41) is 5.81. The van der Waals surface area contributed by atoms with Crippen LogP contribution in [0.25, 0.3) is 22.3 Å². The first-order valence-corrected chi connectivity index (χ1v) is 12.3. The summed E-state index contributed by atoms with van der Waals surface area (Å²) in [5.74, 6) is 2.95. The number of rotatable bonds is 5. The zero-order chi connectivity index (χ0) is 24.6. The van der Waals surface area contributed by atoms with Crippen molar-refractivity contribution in [2.24, 2.45) is 11.8 Å². The number of aromatic nitrogens is 4. The van der Waals surface area contributed by atoms with E-state index in [1.165, 1.54) is 12.4 Å². The van der Waals surface area contributed by atoms with Crippen molar-refractivity contribution in [1.29, 1.82) is 0 Å². The van der Waals surface area contributed by atoms with E-state index < -0.39 is 0 Å². The molecule has 6 rings (SSSR count). The van der Waals surface area contributed by atoms with Crippen LogP contribution in [0.5, 0.6) is 11.5 Å². The van der Waals surface area contributed by atoms with Crippen molar-refractivity contribution < 1.29 is 9.53 Å². The highest BCUT2D eigenvalue weighted by atomic mass is 16.5.